The Morgan fingerprint density at radius 2 is 1.50 bits per heavy atom. The number of fused-ring (bicyclic) bond motifs is 3. The number of rotatable bonds is 3. The van der Waals surface area contributed by atoms with Gasteiger partial charge >= 0.3 is 0 Å². The van der Waals surface area contributed by atoms with Crippen molar-refractivity contribution in [2.45, 2.75) is 39.3 Å². The van der Waals surface area contributed by atoms with Gasteiger partial charge in [-0.2, -0.15) is 4.57 Å². The third kappa shape index (κ3) is 4.11. The summed E-state index contributed by atoms with van der Waals surface area (Å²) in [6.07, 6.45) is 11.5. The molecule has 4 aromatic rings. The van der Waals surface area contributed by atoms with Crippen LogP contribution in [0.4, 0.5) is 0 Å². The summed E-state index contributed by atoms with van der Waals surface area (Å²) in [5, 5.41) is 0. The molecule has 2 aliphatic rings. The van der Waals surface area contributed by atoms with Crippen molar-refractivity contribution in [2.75, 3.05) is 7.05 Å². The first-order valence-corrected chi connectivity index (χ1v) is 13.5. The average Bonchev–Trinajstić information content (AvgIpc) is 2.91. The molecule has 0 bridgehead atoms. The molecule has 0 saturated heterocycles. The first-order valence-electron chi connectivity index (χ1n) is 13.5. The van der Waals surface area contributed by atoms with Gasteiger partial charge in [-0.15, -0.1) is 0 Å². The van der Waals surface area contributed by atoms with Gasteiger partial charge in [-0.1, -0.05) is 71.8 Å². The highest BCUT2D eigenvalue weighted by atomic mass is 15.1. The Bertz CT molecular complexity index is 1610. The Morgan fingerprint density at radius 1 is 0.816 bits per heavy atom. The van der Waals surface area contributed by atoms with Gasteiger partial charge in [0.25, 0.3) is 0 Å². The van der Waals surface area contributed by atoms with Crippen LogP contribution in [0.1, 0.15) is 53.3 Å². The Labute approximate surface area is 226 Å². The number of hydrogen-bond donors (Lipinski definition) is 0. The highest BCUT2D eigenvalue weighted by Gasteiger charge is 2.42. The quantitative estimate of drug-likeness (QED) is 0.260. The predicted octanol–water partition coefficient (Wildman–Crippen LogP) is 8.13. The van der Waals surface area contributed by atoms with E-state index in [1.54, 1.807) is 0 Å². The number of nitrogens with zero attached hydrogens (tertiary/aromatic N) is 2. The molecule has 0 saturated carbocycles. The number of benzene rings is 3. The second-order valence-corrected chi connectivity index (χ2v) is 11.2. The van der Waals surface area contributed by atoms with E-state index in [2.05, 4.69) is 160 Å². The zero-order valence-electron chi connectivity index (χ0n) is 22.9. The summed E-state index contributed by atoms with van der Waals surface area (Å²) in [5.41, 5.74) is 12.7. The van der Waals surface area contributed by atoms with Crippen LogP contribution >= 0.6 is 0 Å². The number of hydrogen-bond acceptors (Lipinski definition) is 1. The van der Waals surface area contributed by atoms with Gasteiger partial charge in [0.1, 0.15) is 0 Å². The van der Waals surface area contributed by atoms with Gasteiger partial charge in [-0.05, 0) is 72.0 Å². The predicted molar refractivity (Wildman–Crippen MR) is 159 cm³/mol. The van der Waals surface area contributed by atoms with E-state index in [0.29, 0.717) is 0 Å². The van der Waals surface area contributed by atoms with E-state index >= 15 is 0 Å². The molecule has 3 heterocycles. The molecule has 2 nitrogen and oxygen atoms in total. The molecule has 6 rings (SSSR count). The number of aryl methyl sites for hydroxylation is 2. The minimum absolute atomic E-state index is 0.144. The molecule has 2 aliphatic heterocycles. The summed E-state index contributed by atoms with van der Waals surface area (Å²) >= 11 is 0. The monoisotopic (exact) mass is 495 g/mol. The first-order chi connectivity index (χ1) is 18.3. The van der Waals surface area contributed by atoms with Crippen molar-refractivity contribution in [1.82, 2.24) is 4.90 Å². The Morgan fingerprint density at radius 3 is 2.29 bits per heavy atom. The van der Waals surface area contributed by atoms with Crippen LogP contribution in [0.25, 0.3) is 28.5 Å². The van der Waals surface area contributed by atoms with Gasteiger partial charge in [0.05, 0.1) is 11.6 Å². The summed E-state index contributed by atoms with van der Waals surface area (Å²) < 4.78 is 2.41. The Kier molecular flexibility index (Phi) is 5.91. The van der Waals surface area contributed by atoms with E-state index in [4.69, 9.17) is 0 Å². The van der Waals surface area contributed by atoms with E-state index in [1.165, 1.54) is 55.8 Å². The summed E-state index contributed by atoms with van der Waals surface area (Å²) in [4.78, 5) is 2.31. The van der Waals surface area contributed by atoms with Crippen LogP contribution < -0.4 is 4.57 Å². The molecule has 0 radical (unpaired) electrons. The average molecular weight is 496 g/mol. The van der Waals surface area contributed by atoms with Crippen molar-refractivity contribution in [1.29, 1.82) is 0 Å². The molecule has 38 heavy (non-hydrogen) atoms. The Balaban J connectivity index is 1.50. The lowest BCUT2D eigenvalue weighted by molar-refractivity contribution is -0.733. The summed E-state index contributed by atoms with van der Waals surface area (Å²) in [5.74, 6) is 0. The molecule has 0 aliphatic carbocycles. The second-order valence-electron chi connectivity index (χ2n) is 11.2. The summed E-state index contributed by atoms with van der Waals surface area (Å²) in [7, 11) is 2.17. The number of aromatic nitrogens is 1. The van der Waals surface area contributed by atoms with Crippen molar-refractivity contribution in [2.24, 2.45) is 0 Å². The molecular formula is C36H35N2+. The lowest BCUT2D eigenvalue weighted by Gasteiger charge is -2.32. The summed E-state index contributed by atoms with van der Waals surface area (Å²) in [6, 6.07) is 31.1. The van der Waals surface area contributed by atoms with Crippen LogP contribution in [0.2, 0.25) is 0 Å². The van der Waals surface area contributed by atoms with Crippen LogP contribution in [0.5, 0.6) is 0 Å². The fourth-order valence-electron chi connectivity index (χ4n) is 6.15. The van der Waals surface area contributed by atoms with Crippen molar-refractivity contribution in [3.05, 3.63) is 143 Å². The zero-order chi connectivity index (χ0) is 26.4. The van der Waals surface area contributed by atoms with Crippen molar-refractivity contribution >= 4 is 17.2 Å². The smallest absolute Gasteiger partial charge is 0.213 e. The minimum atomic E-state index is -0.198. The molecule has 1 atom stereocenters. The van der Waals surface area contributed by atoms with Gasteiger partial charge < -0.3 is 4.90 Å². The fourth-order valence-corrected chi connectivity index (χ4v) is 6.15. The maximum Gasteiger partial charge on any atom is 0.213 e. The molecule has 0 N–H and O–H groups in total. The lowest BCUT2D eigenvalue weighted by atomic mass is 9.79. The van der Waals surface area contributed by atoms with E-state index in [1.807, 2.05) is 0 Å². The van der Waals surface area contributed by atoms with E-state index in [0.717, 1.165) is 0 Å². The normalized spacial score (nSPS) is 18.7. The lowest BCUT2D eigenvalue weighted by Crippen LogP contribution is -2.56. The topological polar surface area (TPSA) is 7.12 Å². The summed E-state index contributed by atoms with van der Waals surface area (Å²) in [6.45, 7) is 9.01. The van der Waals surface area contributed by atoms with Gasteiger partial charge in [0.15, 0.2) is 11.7 Å². The molecule has 0 amide bonds. The van der Waals surface area contributed by atoms with E-state index < -0.39 is 0 Å². The maximum atomic E-state index is 2.42. The van der Waals surface area contributed by atoms with Gasteiger partial charge in [-0.3, -0.25) is 0 Å². The molecule has 0 fully saturated rings. The maximum absolute atomic E-state index is 2.42. The molecule has 1 unspecified atom stereocenters. The van der Waals surface area contributed by atoms with E-state index in [-0.39, 0.29) is 11.6 Å². The van der Waals surface area contributed by atoms with Crippen LogP contribution in [0.3, 0.4) is 0 Å². The number of likely N-dealkylation sites (N-methyl/N-ethyl adjacent to an activating group) is 1. The van der Waals surface area contributed by atoms with E-state index in [9.17, 15) is 0 Å². The molecule has 188 valence electrons. The molecular weight excluding hydrogens is 460 g/mol. The first kappa shape index (κ1) is 24.2. The largest absolute Gasteiger partial charge is 0.370 e. The molecule has 2 heteroatoms. The van der Waals surface area contributed by atoms with Crippen molar-refractivity contribution in [3.63, 3.8) is 0 Å². The highest BCUT2D eigenvalue weighted by Crippen LogP contribution is 2.42. The van der Waals surface area contributed by atoms with Crippen molar-refractivity contribution < 1.29 is 4.57 Å². The molecule has 1 aromatic heterocycles. The van der Waals surface area contributed by atoms with Crippen LogP contribution in [0, 0.1) is 13.8 Å². The van der Waals surface area contributed by atoms with Crippen LogP contribution in [-0.2, 0) is 5.54 Å². The highest BCUT2D eigenvalue weighted by molar-refractivity contribution is 5.92. The molecule has 3 aromatic carbocycles. The zero-order valence-corrected chi connectivity index (χ0v) is 22.9. The third-order valence-electron chi connectivity index (χ3n) is 8.05. The van der Waals surface area contributed by atoms with Crippen LogP contribution in [0.15, 0.2) is 109 Å². The molecule has 0 spiro atoms. The van der Waals surface area contributed by atoms with Gasteiger partial charge in [0, 0.05) is 44.8 Å². The van der Waals surface area contributed by atoms with Crippen LogP contribution in [-0.4, -0.2) is 11.9 Å². The Hall–Kier alpha value is -4.17. The standard InChI is InChI=1S/C36H35N2/c1-25-20-26(2)22-29(21-25)27-17-19-37(5)35(24-27)30-13-7-6-12-28(30)23-33-31-14-8-9-15-32(31)34-16-10-11-18-38(34)36(33,3)4/h6-24,35H,1-5H3/q+1/b33-23+. The van der Waals surface area contributed by atoms with Gasteiger partial charge in [0.2, 0.25) is 5.69 Å². The minimum Gasteiger partial charge on any atom is -0.370 e. The third-order valence-corrected chi connectivity index (χ3v) is 8.05. The van der Waals surface area contributed by atoms with Gasteiger partial charge in [-0.25, -0.2) is 0 Å². The SMILES string of the molecule is Cc1cc(C)cc(C2=CC(c3ccccc3/C=C3\c4ccccc4-c4cccc[n+]4C3(C)C)N(C)C=C2)c1. The number of allylic oxidation sites excluding steroid dienone is 3. The second kappa shape index (κ2) is 9.29. The number of pyridine rings is 1. The van der Waals surface area contributed by atoms with Crippen molar-refractivity contribution in [3.8, 4) is 11.3 Å². The fraction of sp³-hybridized carbons (Fsp3) is 0.194.